The standard InChI is InChI=1S/C22H32F2N4O3S/c1-3-29-14-25-15(2)12-30-17-10-16(11-17)13-31-19-5-4-18-20(27-19)32-21(26-18)28-8-6-22(23,24)7-9-28/h4-5,15-17,25H,3,6-14H2,1-2H3/t15-,16?,17?/m0/s1. The number of rotatable bonds is 11. The monoisotopic (exact) mass is 470 g/mol. The van der Waals surface area contributed by atoms with Crippen LogP contribution in [0.15, 0.2) is 12.1 Å². The van der Waals surface area contributed by atoms with Crippen molar-refractivity contribution in [3.05, 3.63) is 12.1 Å². The summed E-state index contributed by atoms with van der Waals surface area (Å²) >= 11 is 1.43. The van der Waals surface area contributed by atoms with Crippen LogP contribution in [0.2, 0.25) is 0 Å². The van der Waals surface area contributed by atoms with Crippen LogP contribution in [0, 0.1) is 5.92 Å². The number of nitrogens with zero attached hydrogens (tertiary/aromatic N) is 3. The van der Waals surface area contributed by atoms with E-state index in [9.17, 15) is 8.78 Å². The molecule has 10 heteroatoms. The Bertz CT molecular complexity index is 868. The first-order chi connectivity index (χ1) is 15.4. The molecule has 0 spiro atoms. The Morgan fingerprint density at radius 2 is 2.03 bits per heavy atom. The van der Waals surface area contributed by atoms with Crippen molar-refractivity contribution in [1.29, 1.82) is 0 Å². The van der Waals surface area contributed by atoms with Crippen molar-refractivity contribution < 1.29 is 23.0 Å². The summed E-state index contributed by atoms with van der Waals surface area (Å²) in [5.41, 5.74) is 0.777. The van der Waals surface area contributed by atoms with Crippen molar-refractivity contribution in [3.8, 4) is 5.88 Å². The molecule has 2 aromatic heterocycles. The molecule has 1 saturated carbocycles. The fraction of sp³-hybridized carbons (Fsp3) is 0.727. The van der Waals surface area contributed by atoms with Crippen LogP contribution in [0.4, 0.5) is 13.9 Å². The number of ether oxygens (including phenoxy) is 3. The molecule has 0 aromatic carbocycles. The second-order valence-electron chi connectivity index (χ2n) is 8.66. The fourth-order valence-electron chi connectivity index (χ4n) is 3.82. The molecule has 1 aliphatic carbocycles. The Hall–Kier alpha value is -1.62. The van der Waals surface area contributed by atoms with Gasteiger partial charge in [-0.2, -0.15) is 0 Å². The van der Waals surface area contributed by atoms with E-state index in [1.165, 1.54) is 11.3 Å². The third-order valence-corrected chi connectivity index (χ3v) is 6.99. The quantitative estimate of drug-likeness (QED) is 0.392. The number of nitrogens with one attached hydrogen (secondary N) is 1. The first-order valence-corrected chi connectivity index (χ1v) is 12.2. The van der Waals surface area contributed by atoms with Crippen LogP contribution in [0.1, 0.15) is 39.5 Å². The molecule has 0 amide bonds. The Morgan fingerprint density at radius 1 is 1.25 bits per heavy atom. The van der Waals surface area contributed by atoms with E-state index in [0.29, 0.717) is 51.4 Å². The fourth-order valence-corrected chi connectivity index (χ4v) is 4.80. The third kappa shape index (κ3) is 6.24. The van der Waals surface area contributed by atoms with Crippen molar-refractivity contribution in [1.82, 2.24) is 15.3 Å². The minimum absolute atomic E-state index is 0.125. The van der Waals surface area contributed by atoms with Gasteiger partial charge in [-0.25, -0.2) is 18.7 Å². The zero-order chi connectivity index (χ0) is 22.6. The van der Waals surface area contributed by atoms with Crippen molar-refractivity contribution in [2.75, 3.05) is 44.5 Å². The average molecular weight is 471 g/mol. The van der Waals surface area contributed by atoms with Crippen LogP contribution < -0.4 is 15.0 Å². The largest absolute Gasteiger partial charge is 0.477 e. The summed E-state index contributed by atoms with van der Waals surface area (Å²) in [5, 5.41) is 4.02. The SMILES string of the molecule is CCOCN[C@@H](C)COC1CC(COc2ccc3nc(N4CCC(F)(F)CC4)sc3n2)C1. The van der Waals surface area contributed by atoms with Gasteiger partial charge in [0.15, 0.2) is 5.13 Å². The molecule has 2 aromatic rings. The molecular formula is C22H32F2N4O3S. The Labute approximate surface area is 191 Å². The molecule has 1 saturated heterocycles. The predicted octanol–water partition coefficient (Wildman–Crippen LogP) is 4.07. The number of halogens is 2. The Kier molecular flexibility index (Phi) is 7.75. The van der Waals surface area contributed by atoms with Crippen molar-refractivity contribution in [2.24, 2.45) is 5.92 Å². The van der Waals surface area contributed by atoms with Crippen LogP contribution in [-0.4, -0.2) is 67.7 Å². The molecule has 32 heavy (non-hydrogen) atoms. The predicted molar refractivity (Wildman–Crippen MR) is 121 cm³/mol. The van der Waals surface area contributed by atoms with Gasteiger partial charge in [0.05, 0.1) is 26.0 Å². The number of hydrogen-bond donors (Lipinski definition) is 1. The number of aromatic nitrogens is 2. The lowest BCUT2D eigenvalue weighted by Gasteiger charge is -2.35. The van der Waals surface area contributed by atoms with Gasteiger partial charge in [-0.3, -0.25) is 5.32 Å². The summed E-state index contributed by atoms with van der Waals surface area (Å²) < 4.78 is 43.9. The molecule has 7 nitrogen and oxygen atoms in total. The number of anilines is 1. The Morgan fingerprint density at radius 3 is 2.78 bits per heavy atom. The zero-order valence-corrected chi connectivity index (χ0v) is 19.5. The van der Waals surface area contributed by atoms with Crippen molar-refractivity contribution in [2.45, 2.75) is 57.6 Å². The number of alkyl halides is 2. The highest BCUT2D eigenvalue weighted by molar-refractivity contribution is 7.21. The lowest BCUT2D eigenvalue weighted by molar-refractivity contribution is -0.0503. The highest BCUT2D eigenvalue weighted by atomic mass is 32.1. The maximum Gasteiger partial charge on any atom is 0.251 e. The van der Waals surface area contributed by atoms with Gasteiger partial charge < -0.3 is 19.1 Å². The highest BCUT2D eigenvalue weighted by Crippen LogP contribution is 2.35. The maximum atomic E-state index is 13.4. The van der Waals surface area contributed by atoms with Crippen LogP contribution in [-0.2, 0) is 9.47 Å². The van der Waals surface area contributed by atoms with E-state index < -0.39 is 5.92 Å². The van der Waals surface area contributed by atoms with Gasteiger partial charge in [-0.05, 0) is 38.7 Å². The molecule has 4 rings (SSSR count). The lowest BCUT2D eigenvalue weighted by atomic mass is 9.83. The Balaban J connectivity index is 1.19. The number of thiazole rings is 1. The maximum absolute atomic E-state index is 13.4. The second kappa shape index (κ2) is 10.5. The summed E-state index contributed by atoms with van der Waals surface area (Å²) in [6.07, 6.45) is 2.02. The van der Waals surface area contributed by atoms with Gasteiger partial charge >= 0.3 is 0 Å². The summed E-state index contributed by atoms with van der Waals surface area (Å²) in [6.45, 7) is 7.25. The normalized spacial score (nSPS) is 23.8. The molecule has 0 bridgehead atoms. The lowest BCUT2D eigenvalue weighted by Crippen LogP contribution is -2.39. The van der Waals surface area contributed by atoms with Crippen LogP contribution in [0.3, 0.4) is 0 Å². The van der Waals surface area contributed by atoms with Crippen molar-refractivity contribution in [3.63, 3.8) is 0 Å². The second-order valence-corrected chi connectivity index (χ2v) is 9.62. The molecule has 0 radical (unpaired) electrons. The molecule has 1 N–H and O–H groups in total. The van der Waals surface area contributed by atoms with E-state index in [1.54, 1.807) is 0 Å². The van der Waals surface area contributed by atoms with E-state index >= 15 is 0 Å². The van der Waals surface area contributed by atoms with Crippen LogP contribution >= 0.6 is 11.3 Å². The zero-order valence-electron chi connectivity index (χ0n) is 18.7. The molecule has 1 atom stereocenters. The van der Waals surface area contributed by atoms with Crippen LogP contribution in [0.5, 0.6) is 5.88 Å². The first-order valence-electron chi connectivity index (χ1n) is 11.4. The van der Waals surface area contributed by atoms with Crippen LogP contribution in [0.25, 0.3) is 10.3 Å². The number of pyridine rings is 1. The summed E-state index contributed by atoms with van der Waals surface area (Å²) in [7, 11) is 0. The van der Waals surface area contributed by atoms with E-state index in [-0.39, 0.29) is 25.0 Å². The molecule has 2 aliphatic rings. The van der Waals surface area contributed by atoms with E-state index in [0.717, 1.165) is 28.3 Å². The van der Waals surface area contributed by atoms with Gasteiger partial charge in [0.25, 0.3) is 5.92 Å². The van der Waals surface area contributed by atoms with Gasteiger partial charge in [0.1, 0.15) is 10.3 Å². The first kappa shape index (κ1) is 23.5. The summed E-state index contributed by atoms with van der Waals surface area (Å²) in [6, 6.07) is 3.98. The van der Waals surface area contributed by atoms with Crippen molar-refractivity contribution >= 4 is 26.8 Å². The van der Waals surface area contributed by atoms with Gasteiger partial charge in [0.2, 0.25) is 5.88 Å². The molecule has 3 heterocycles. The third-order valence-electron chi connectivity index (χ3n) is 5.96. The minimum atomic E-state index is -2.56. The molecule has 1 aliphatic heterocycles. The molecule has 0 unspecified atom stereocenters. The molecule has 2 fully saturated rings. The van der Waals surface area contributed by atoms with E-state index in [2.05, 4.69) is 22.2 Å². The number of fused-ring (bicyclic) bond motifs is 1. The molecule has 178 valence electrons. The van der Waals surface area contributed by atoms with Gasteiger partial charge in [-0.15, -0.1) is 0 Å². The van der Waals surface area contributed by atoms with Gasteiger partial charge in [0, 0.05) is 44.6 Å². The smallest absolute Gasteiger partial charge is 0.251 e. The average Bonchev–Trinajstić information content (AvgIpc) is 3.15. The molecular weight excluding hydrogens is 438 g/mol. The van der Waals surface area contributed by atoms with E-state index in [4.69, 9.17) is 14.2 Å². The van der Waals surface area contributed by atoms with E-state index in [1.807, 2.05) is 24.0 Å². The minimum Gasteiger partial charge on any atom is -0.477 e. The van der Waals surface area contributed by atoms with Gasteiger partial charge in [-0.1, -0.05) is 11.3 Å². The summed E-state index contributed by atoms with van der Waals surface area (Å²) in [4.78, 5) is 11.8. The number of piperidine rings is 1. The topological polar surface area (TPSA) is 68.7 Å². The summed E-state index contributed by atoms with van der Waals surface area (Å²) in [5.74, 6) is -1.51. The number of hydrogen-bond acceptors (Lipinski definition) is 8. The highest BCUT2D eigenvalue weighted by Gasteiger charge is 2.35.